The summed E-state index contributed by atoms with van der Waals surface area (Å²) >= 11 is 6.84. The van der Waals surface area contributed by atoms with Gasteiger partial charge in [0, 0.05) is 82.0 Å². The minimum Gasteiger partial charge on any atom is -0.495 e. The number of amides is 4. The number of Topliss-reactive ketones (excluding diaryl/α,β-unsaturated/α-hetero) is 1. The number of carbonyl (C=O) groups excluding carboxylic acids is 6. The van der Waals surface area contributed by atoms with E-state index in [0.29, 0.717) is 37.4 Å². The fraction of sp³-hybridized carbons (Fsp3) is 0.524. The zero-order valence-electron chi connectivity index (χ0n) is 49.6. The van der Waals surface area contributed by atoms with Gasteiger partial charge in [0.1, 0.15) is 46.1 Å². The zero-order valence-corrected chi connectivity index (χ0v) is 50.3. The zero-order chi connectivity index (χ0) is 60.2. The molecule has 19 nitrogen and oxygen atoms in total. The van der Waals surface area contributed by atoms with Crippen LogP contribution in [0, 0.1) is 24.7 Å². The van der Waals surface area contributed by atoms with E-state index in [-0.39, 0.29) is 81.8 Å². The van der Waals surface area contributed by atoms with E-state index in [9.17, 15) is 33.9 Å². The molecule has 0 saturated carbocycles. The third-order valence-corrected chi connectivity index (χ3v) is 16.7. The molecule has 2 fully saturated rings. The summed E-state index contributed by atoms with van der Waals surface area (Å²) < 4.78 is 37.5. The first-order chi connectivity index (χ1) is 39.5. The fourth-order valence-electron chi connectivity index (χ4n) is 10.9. The van der Waals surface area contributed by atoms with Crippen LogP contribution in [0.1, 0.15) is 89.1 Å². The van der Waals surface area contributed by atoms with Gasteiger partial charge in [-0.25, -0.2) is 9.59 Å². The van der Waals surface area contributed by atoms with Crippen LogP contribution >= 0.6 is 11.6 Å². The summed E-state index contributed by atoms with van der Waals surface area (Å²) in [5, 5.41) is 21.9. The topological polar surface area (TPSA) is 229 Å². The molecular formula is C63H83ClN6O13. The highest BCUT2D eigenvalue weighted by Crippen LogP contribution is 2.49. The summed E-state index contributed by atoms with van der Waals surface area (Å²) in [5.41, 5.74) is 3.44. The number of esters is 1. The monoisotopic (exact) mass is 1170 g/mol. The van der Waals surface area contributed by atoms with Crippen LogP contribution in [-0.2, 0) is 73.6 Å². The Hall–Kier alpha value is -6.61. The number of alkyl carbamates (subject to hydrolysis) is 1. The van der Waals surface area contributed by atoms with Crippen molar-refractivity contribution in [3.63, 3.8) is 0 Å². The number of ether oxygens (including phenoxy) is 6. The number of ketones is 1. The summed E-state index contributed by atoms with van der Waals surface area (Å²) in [5.74, 6) is -3.14. The lowest BCUT2D eigenvalue weighted by Gasteiger charge is -2.41. The van der Waals surface area contributed by atoms with Crippen molar-refractivity contribution in [1.82, 2.24) is 25.4 Å². The molecule has 4 N–H and O–H groups in total. The quantitative estimate of drug-likeness (QED) is 0.0319. The Kier molecular flexibility index (Phi) is 22.2. The highest BCUT2D eigenvalue weighted by molar-refractivity contribution is 6.35. The molecule has 0 spiro atoms. The summed E-state index contributed by atoms with van der Waals surface area (Å²) in [6.07, 6.45) is 2.93. The molecule has 3 aliphatic heterocycles. The van der Waals surface area contributed by atoms with Gasteiger partial charge in [0.2, 0.25) is 17.7 Å². The van der Waals surface area contributed by atoms with Crippen LogP contribution in [0.15, 0.2) is 90.5 Å². The normalized spacial score (nSPS) is 24.5. The van der Waals surface area contributed by atoms with E-state index in [2.05, 4.69) is 38.7 Å². The van der Waals surface area contributed by atoms with Gasteiger partial charge in [0.25, 0.3) is 0 Å². The number of anilines is 1. The van der Waals surface area contributed by atoms with Crippen molar-refractivity contribution >= 4 is 63.8 Å². The SMILES string of the molecule is CNCc1cc2ccccc2n1CCC(=O)C[C@@H](Cc1ccc(C)cc1)C(=O)NCCOCCOCCC(=O)N(C)[C@@H](C)C(=O)O[C@H]1CC(=O)N(C)c2cc(cc(OC)c2Cl)C/C(C)=C/C=C/[C@@H](C)[C@@]2(O)C[C@H](OC(=O)N2)[C@@H](C)[C@@H]2O[C@]12C. The lowest BCUT2D eigenvalue weighted by atomic mass is 9.82. The van der Waals surface area contributed by atoms with E-state index >= 15 is 0 Å². The third-order valence-electron chi connectivity index (χ3n) is 16.4. The van der Waals surface area contributed by atoms with Crippen LogP contribution in [0.5, 0.6) is 5.75 Å². The number of hydrogen-bond donors (Lipinski definition) is 4. The number of rotatable bonds is 23. The number of fused-ring (bicyclic) bond motifs is 6. The number of aromatic nitrogens is 1. The van der Waals surface area contributed by atoms with Crippen molar-refractivity contribution in [1.29, 1.82) is 0 Å². The first-order valence-electron chi connectivity index (χ1n) is 28.6. The molecule has 0 aliphatic carbocycles. The standard InChI is InChI=1S/C63H83ClN6O13/c1-39-18-20-44(21-19-39)31-47(35-49(71)22-25-70-48(38-65-7)34-46-16-11-12-17-50(46)70)59(74)66-24-27-80-29-28-79-26-23-55(72)68(8)43(5)60(75)82-54-36-56(73)69(9)51-32-45(33-52(78-10)57(51)64)30-40(2)14-13-15-41(3)63(77)37-53(81-61(76)67-63)42(4)58-62(54,6)83-58/h11-21,32-34,41-43,47,53-54,58,65,77H,22-31,35-38H2,1-10H3,(H,66,74)(H,67,76)/b15-13+,40-14+/t41-,42-,43+,47-,53+,54+,58+,62-,63+/m1/s1. The van der Waals surface area contributed by atoms with E-state index in [1.54, 1.807) is 33.0 Å². The lowest BCUT2D eigenvalue weighted by Crippen LogP contribution is -2.60. The van der Waals surface area contributed by atoms with Crippen molar-refractivity contribution in [2.75, 3.05) is 66.1 Å². The van der Waals surface area contributed by atoms with E-state index in [4.69, 9.17) is 40.0 Å². The van der Waals surface area contributed by atoms with Gasteiger partial charge in [0.05, 0.1) is 58.2 Å². The Bertz CT molecular complexity index is 3020. The van der Waals surface area contributed by atoms with Gasteiger partial charge < -0.3 is 58.5 Å². The Morgan fingerprint density at radius 2 is 1.71 bits per heavy atom. The molecule has 450 valence electrons. The molecule has 3 aromatic carbocycles. The number of para-hydroxylation sites is 1. The number of halogens is 1. The predicted molar refractivity (Wildman–Crippen MR) is 316 cm³/mol. The minimum absolute atomic E-state index is 0.00484. The molecule has 0 unspecified atom stereocenters. The molecule has 4 bridgehead atoms. The van der Waals surface area contributed by atoms with Gasteiger partial charge in [-0.05, 0) is 88.4 Å². The van der Waals surface area contributed by atoms with Crippen LogP contribution in [0.4, 0.5) is 10.5 Å². The van der Waals surface area contributed by atoms with Crippen molar-refractivity contribution in [2.45, 2.75) is 135 Å². The van der Waals surface area contributed by atoms with E-state index < -0.39 is 77.3 Å². The number of carbonyl (C=O) groups is 6. The first-order valence-corrected chi connectivity index (χ1v) is 29.0. The molecule has 20 heteroatoms. The summed E-state index contributed by atoms with van der Waals surface area (Å²) in [6.45, 7) is 12.8. The molecule has 4 amide bonds. The number of aliphatic hydroxyl groups is 1. The number of epoxide rings is 1. The average molecular weight is 1170 g/mol. The Morgan fingerprint density at radius 3 is 2.43 bits per heavy atom. The maximum absolute atomic E-state index is 14.4. The second-order valence-corrected chi connectivity index (χ2v) is 22.9. The molecule has 2 saturated heterocycles. The molecule has 9 atom stereocenters. The van der Waals surface area contributed by atoms with Crippen LogP contribution in [0.25, 0.3) is 10.9 Å². The molecular weight excluding hydrogens is 1080 g/mol. The van der Waals surface area contributed by atoms with Crippen molar-refractivity contribution in [3.8, 4) is 5.75 Å². The van der Waals surface area contributed by atoms with Crippen LogP contribution in [0.3, 0.4) is 0 Å². The second-order valence-electron chi connectivity index (χ2n) is 22.6. The van der Waals surface area contributed by atoms with Gasteiger partial charge in [-0.2, -0.15) is 0 Å². The Balaban J connectivity index is 0.904. The number of nitrogens with zero attached hydrogens (tertiary/aromatic N) is 3. The molecule has 7 rings (SSSR count). The van der Waals surface area contributed by atoms with Crippen LogP contribution in [0.2, 0.25) is 5.02 Å². The molecule has 0 radical (unpaired) electrons. The lowest BCUT2D eigenvalue weighted by molar-refractivity contribution is -0.162. The van der Waals surface area contributed by atoms with E-state index in [1.165, 1.54) is 30.9 Å². The van der Waals surface area contributed by atoms with Crippen LogP contribution in [-0.4, -0.2) is 147 Å². The highest BCUT2D eigenvalue weighted by atomic mass is 35.5. The molecule has 83 heavy (non-hydrogen) atoms. The average Bonchev–Trinajstić information content (AvgIpc) is 2.06. The van der Waals surface area contributed by atoms with Gasteiger partial charge >= 0.3 is 12.1 Å². The maximum Gasteiger partial charge on any atom is 0.409 e. The largest absolute Gasteiger partial charge is 0.495 e. The number of aryl methyl sites for hydroxylation is 2. The third kappa shape index (κ3) is 16.4. The predicted octanol–water partition coefficient (Wildman–Crippen LogP) is 7.57. The number of methoxy groups -OCH3 is 1. The smallest absolute Gasteiger partial charge is 0.409 e. The molecule has 1 aromatic heterocycles. The van der Waals surface area contributed by atoms with E-state index in [1.807, 2.05) is 82.4 Å². The highest BCUT2D eigenvalue weighted by Gasteiger charge is 2.64. The van der Waals surface area contributed by atoms with E-state index in [0.717, 1.165) is 38.9 Å². The summed E-state index contributed by atoms with van der Waals surface area (Å²) in [4.78, 5) is 84.8. The second kappa shape index (κ2) is 28.8. The van der Waals surface area contributed by atoms with Crippen LogP contribution < -0.4 is 25.6 Å². The van der Waals surface area contributed by atoms with Crippen molar-refractivity contribution in [2.24, 2.45) is 17.8 Å². The van der Waals surface area contributed by atoms with Gasteiger partial charge in [-0.3, -0.25) is 24.5 Å². The first kappa shape index (κ1) is 64.0. The maximum atomic E-state index is 14.4. The van der Waals surface area contributed by atoms with Gasteiger partial charge in [-0.15, -0.1) is 0 Å². The number of likely N-dealkylation sites (N-methyl/N-ethyl adjacent to an activating group) is 1. The number of hydrogen-bond acceptors (Lipinski definition) is 14. The Morgan fingerprint density at radius 1 is 0.988 bits per heavy atom. The fourth-order valence-corrected chi connectivity index (χ4v) is 11.2. The summed E-state index contributed by atoms with van der Waals surface area (Å²) in [6, 6.07) is 20.7. The minimum atomic E-state index is -1.66. The van der Waals surface area contributed by atoms with Gasteiger partial charge in [0.15, 0.2) is 0 Å². The van der Waals surface area contributed by atoms with Gasteiger partial charge in [-0.1, -0.05) is 97.3 Å². The summed E-state index contributed by atoms with van der Waals surface area (Å²) in [7, 11) is 6.43. The van der Waals surface area contributed by atoms with Crippen molar-refractivity contribution in [3.05, 3.63) is 118 Å². The number of allylic oxidation sites excluding steroid dienone is 3. The molecule has 3 aliphatic rings. The number of benzene rings is 3. The molecule has 4 aromatic rings. The Labute approximate surface area is 492 Å². The molecule has 4 heterocycles. The van der Waals surface area contributed by atoms with Crippen molar-refractivity contribution < 1.29 is 62.3 Å². The number of nitrogens with one attached hydrogen (secondary N) is 3.